The van der Waals surface area contributed by atoms with E-state index in [1.807, 2.05) is 23.6 Å². The minimum atomic E-state index is -0.0126. The molecule has 5 nitrogen and oxygen atoms in total. The maximum absolute atomic E-state index is 12.8. The van der Waals surface area contributed by atoms with Crippen LogP contribution in [0.2, 0.25) is 0 Å². The van der Waals surface area contributed by atoms with Gasteiger partial charge in [0, 0.05) is 38.6 Å². The Morgan fingerprint density at radius 3 is 2.43 bits per heavy atom. The van der Waals surface area contributed by atoms with Crippen molar-refractivity contribution in [1.29, 1.82) is 0 Å². The van der Waals surface area contributed by atoms with Crippen LogP contribution in [0.4, 0.5) is 0 Å². The molecule has 2 heterocycles. The van der Waals surface area contributed by atoms with Gasteiger partial charge in [-0.2, -0.15) is 0 Å². The summed E-state index contributed by atoms with van der Waals surface area (Å²) in [6.07, 6.45) is 5.48. The first kappa shape index (κ1) is 20.2. The molecule has 0 aromatic heterocycles. The summed E-state index contributed by atoms with van der Waals surface area (Å²) in [5.41, 5.74) is 6.01. The van der Waals surface area contributed by atoms with Crippen LogP contribution in [-0.4, -0.2) is 53.8 Å². The number of likely N-dealkylation sites (tertiary alicyclic amines) is 2. The summed E-state index contributed by atoms with van der Waals surface area (Å²) in [4.78, 5) is 28.8. The van der Waals surface area contributed by atoms with Gasteiger partial charge in [0.1, 0.15) is 0 Å². The highest BCUT2D eigenvalue weighted by Gasteiger charge is 2.33. The van der Waals surface area contributed by atoms with Crippen LogP contribution in [0.25, 0.3) is 0 Å². The monoisotopic (exact) mass is 345 g/mol. The van der Waals surface area contributed by atoms with E-state index in [0.717, 1.165) is 51.7 Å². The molecule has 0 aromatic rings. The Morgan fingerprint density at radius 1 is 1.13 bits per heavy atom. The fraction of sp³-hybridized carbons (Fsp3) is 0.882. The second-order valence-corrected chi connectivity index (χ2v) is 6.97. The van der Waals surface area contributed by atoms with Crippen LogP contribution in [-0.2, 0) is 9.59 Å². The van der Waals surface area contributed by atoms with Crippen molar-refractivity contribution >= 4 is 24.2 Å². The lowest BCUT2D eigenvalue weighted by Crippen LogP contribution is -2.50. The molecule has 0 bridgehead atoms. The highest BCUT2D eigenvalue weighted by Crippen LogP contribution is 2.24. The maximum atomic E-state index is 12.8. The molecule has 2 rings (SSSR count). The average molecular weight is 346 g/mol. The second-order valence-electron chi connectivity index (χ2n) is 6.97. The van der Waals surface area contributed by atoms with E-state index < -0.39 is 0 Å². The Labute approximate surface area is 146 Å². The summed E-state index contributed by atoms with van der Waals surface area (Å²) in [6, 6.07) is 0.143. The van der Waals surface area contributed by atoms with Gasteiger partial charge in [-0.1, -0.05) is 6.92 Å². The lowest BCUT2D eigenvalue weighted by atomic mass is 9.90. The Balaban J connectivity index is 0.00000264. The van der Waals surface area contributed by atoms with Gasteiger partial charge in [0.05, 0.1) is 5.92 Å². The fourth-order valence-corrected chi connectivity index (χ4v) is 3.67. The van der Waals surface area contributed by atoms with Gasteiger partial charge in [-0.25, -0.2) is 0 Å². The molecule has 0 saturated carbocycles. The molecule has 6 heteroatoms. The summed E-state index contributed by atoms with van der Waals surface area (Å²) in [7, 11) is 0. The van der Waals surface area contributed by atoms with Gasteiger partial charge in [-0.15, -0.1) is 12.4 Å². The molecule has 0 aliphatic carbocycles. The highest BCUT2D eigenvalue weighted by molar-refractivity contribution is 5.85. The summed E-state index contributed by atoms with van der Waals surface area (Å²) in [6.45, 7) is 7.11. The van der Waals surface area contributed by atoms with E-state index in [4.69, 9.17) is 5.73 Å². The van der Waals surface area contributed by atoms with E-state index in [1.54, 1.807) is 0 Å². The van der Waals surface area contributed by atoms with E-state index in [2.05, 4.69) is 0 Å². The third kappa shape index (κ3) is 5.35. The van der Waals surface area contributed by atoms with Gasteiger partial charge in [0.15, 0.2) is 0 Å². The van der Waals surface area contributed by atoms with Crippen LogP contribution < -0.4 is 5.73 Å². The lowest BCUT2D eigenvalue weighted by Gasteiger charge is -2.39. The molecule has 134 valence electrons. The topological polar surface area (TPSA) is 66.6 Å². The molecule has 2 amide bonds. The zero-order valence-electron chi connectivity index (χ0n) is 14.5. The summed E-state index contributed by atoms with van der Waals surface area (Å²) in [5, 5.41) is 0. The number of carbonyl (C=O) groups excluding carboxylic acids is 2. The predicted molar refractivity (Wildman–Crippen MR) is 94.4 cm³/mol. The van der Waals surface area contributed by atoms with Crippen molar-refractivity contribution in [3.8, 4) is 0 Å². The molecule has 0 aromatic carbocycles. The fourth-order valence-electron chi connectivity index (χ4n) is 3.67. The van der Waals surface area contributed by atoms with Crippen LogP contribution in [0.1, 0.15) is 52.4 Å². The molecule has 2 N–H and O–H groups in total. The molecule has 23 heavy (non-hydrogen) atoms. The van der Waals surface area contributed by atoms with Crippen molar-refractivity contribution in [2.45, 2.75) is 58.4 Å². The third-order valence-electron chi connectivity index (χ3n) is 5.10. The molecule has 2 saturated heterocycles. The van der Waals surface area contributed by atoms with Gasteiger partial charge >= 0.3 is 0 Å². The number of nitrogens with zero attached hydrogens (tertiary/aromatic N) is 2. The minimum Gasteiger partial charge on any atom is -0.342 e. The van der Waals surface area contributed by atoms with Crippen LogP contribution in [0.3, 0.4) is 0 Å². The highest BCUT2D eigenvalue weighted by atomic mass is 35.5. The summed E-state index contributed by atoms with van der Waals surface area (Å²) >= 11 is 0. The number of hydrogen-bond acceptors (Lipinski definition) is 3. The first-order chi connectivity index (χ1) is 10.5. The number of amides is 2. The van der Waals surface area contributed by atoms with Crippen molar-refractivity contribution < 1.29 is 9.59 Å². The van der Waals surface area contributed by atoms with Crippen molar-refractivity contribution in [1.82, 2.24) is 9.80 Å². The second kappa shape index (κ2) is 9.48. The van der Waals surface area contributed by atoms with Crippen LogP contribution in [0.15, 0.2) is 0 Å². The van der Waals surface area contributed by atoms with Gasteiger partial charge in [0.25, 0.3) is 0 Å². The smallest absolute Gasteiger partial charge is 0.227 e. The standard InChI is InChI=1S/C17H31N3O2.ClH/c1-3-6-16(21)19-9-5-8-15(12-19)17(22)20-10-4-7-14(11-20)13(2)18;/h13-15H,3-12,18H2,1-2H3;1H. The average Bonchev–Trinajstić information content (AvgIpc) is 2.54. The first-order valence-corrected chi connectivity index (χ1v) is 8.85. The van der Waals surface area contributed by atoms with E-state index in [9.17, 15) is 9.59 Å². The molecule has 3 atom stereocenters. The number of piperidine rings is 2. The lowest BCUT2D eigenvalue weighted by molar-refractivity contribution is -0.142. The quantitative estimate of drug-likeness (QED) is 0.847. The molecule has 2 fully saturated rings. The molecular formula is C17H32ClN3O2. The molecule has 2 aliphatic rings. The van der Waals surface area contributed by atoms with Crippen molar-refractivity contribution in [2.24, 2.45) is 17.6 Å². The SMILES string of the molecule is CCCC(=O)N1CCCC(C(=O)N2CCCC(C(C)N)C2)C1.Cl. The molecular weight excluding hydrogens is 314 g/mol. The van der Waals surface area contributed by atoms with Gasteiger partial charge in [-0.05, 0) is 44.9 Å². The van der Waals surface area contributed by atoms with E-state index in [0.29, 0.717) is 18.9 Å². The molecule has 3 unspecified atom stereocenters. The Morgan fingerprint density at radius 2 is 1.78 bits per heavy atom. The van der Waals surface area contributed by atoms with Crippen LogP contribution >= 0.6 is 12.4 Å². The van der Waals surface area contributed by atoms with Crippen molar-refractivity contribution in [3.63, 3.8) is 0 Å². The Hall–Kier alpha value is -0.810. The number of carbonyl (C=O) groups is 2. The maximum Gasteiger partial charge on any atom is 0.227 e. The number of rotatable bonds is 4. The molecule has 0 radical (unpaired) electrons. The first-order valence-electron chi connectivity index (χ1n) is 8.85. The molecule has 2 aliphatic heterocycles. The zero-order valence-corrected chi connectivity index (χ0v) is 15.3. The predicted octanol–water partition coefficient (Wildman–Crippen LogP) is 2.03. The van der Waals surface area contributed by atoms with Crippen LogP contribution in [0.5, 0.6) is 0 Å². The number of hydrogen-bond donors (Lipinski definition) is 1. The van der Waals surface area contributed by atoms with E-state index >= 15 is 0 Å². The Bertz CT molecular complexity index is 403. The van der Waals surface area contributed by atoms with E-state index in [1.165, 1.54) is 0 Å². The van der Waals surface area contributed by atoms with Gasteiger partial charge in [-0.3, -0.25) is 9.59 Å². The van der Waals surface area contributed by atoms with Crippen molar-refractivity contribution in [3.05, 3.63) is 0 Å². The minimum absolute atomic E-state index is 0. The third-order valence-corrected chi connectivity index (χ3v) is 5.10. The largest absolute Gasteiger partial charge is 0.342 e. The number of halogens is 1. The van der Waals surface area contributed by atoms with E-state index in [-0.39, 0.29) is 36.2 Å². The number of nitrogens with two attached hydrogens (primary N) is 1. The van der Waals surface area contributed by atoms with Crippen LogP contribution in [0, 0.1) is 11.8 Å². The van der Waals surface area contributed by atoms with Gasteiger partial charge in [0.2, 0.25) is 11.8 Å². The van der Waals surface area contributed by atoms with Gasteiger partial charge < -0.3 is 15.5 Å². The summed E-state index contributed by atoms with van der Waals surface area (Å²) < 4.78 is 0. The zero-order chi connectivity index (χ0) is 16.1. The molecule has 0 spiro atoms. The van der Waals surface area contributed by atoms with Crippen molar-refractivity contribution in [2.75, 3.05) is 26.2 Å². The summed E-state index contributed by atoms with van der Waals surface area (Å²) in [5.74, 6) is 0.840. The normalized spacial score (nSPS) is 26.4. The Kier molecular flexibility index (Phi) is 8.34.